The third kappa shape index (κ3) is 2.71. The van der Waals surface area contributed by atoms with E-state index in [4.69, 9.17) is 8.83 Å². The van der Waals surface area contributed by atoms with Crippen LogP contribution in [0.5, 0.6) is 0 Å². The van der Waals surface area contributed by atoms with E-state index in [0.29, 0.717) is 0 Å². The zero-order chi connectivity index (χ0) is 23.6. The highest BCUT2D eigenvalue weighted by Crippen LogP contribution is 2.44. The molecule has 0 spiro atoms. The van der Waals surface area contributed by atoms with E-state index < -0.39 is 0 Å². The highest BCUT2D eigenvalue weighted by Gasteiger charge is 2.19. The second kappa shape index (κ2) is 7.30. The van der Waals surface area contributed by atoms with Crippen LogP contribution in [0, 0.1) is 0 Å². The van der Waals surface area contributed by atoms with Gasteiger partial charge in [0, 0.05) is 33.9 Å². The fourth-order valence-corrected chi connectivity index (χ4v) is 5.56. The van der Waals surface area contributed by atoms with E-state index in [0.717, 1.165) is 60.6 Å². The smallest absolute Gasteiger partial charge is 0.136 e. The maximum absolute atomic E-state index is 6.49. The number of pyridine rings is 1. The molecule has 0 aliphatic heterocycles. The van der Waals surface area contributed by atoms with Gasteiger partial charge in [-0.15, -0.1) is 0 Å². The van der Waals surface area contributed by atoms with Gasteiger partial charge in [-0.3, -0.25) is 4.98 Å². The van der Waals surface area contributed by atoms with Gasteiger partial charge in [-0.25, -0.2) is 0 Å². The van der Waals surface area contributed by atoms with E-state index in [9.17, 15) is 0 Å². The molecule has 0 amide bonds. The number of hydrogen-bond acceptors (Lipinski definition) is 3. The average molecular weight is 462 g/mol. The van der Waals surface area contributed by atoms with E-state index in [1.165, 1.54) is 16.3 Å². The fourth-order valence-electron chi connectivity index (χ4n) is 5.56. The summed E-state index contributed by atoms with van der Waals surface area (Å²) in [5.74, 6) is 0. The van der Waals surface area contributed by atoms with Crippen LogP contribution in [0.2, 0.25) is 0 Å². The number of fused-ring (bicyclic) bond motifs is 9. The van der Waals surface area contributed by atoms with Crippen LogP contribution in [-0.4, -0.2) is 4.98 Å². The predicted octanol–water partition coefficient (Wildman–Crippen LogP) is 9.37. The molecule has 0 aliphatic rings. The summed E-state index contributed by atoms with van der Waals surface area (Å²) >= 11 is 0. The quantitative estimate of drug-likeness (QED) is 0.257. The fraction of sp³-hybridized carbons (Fsp3) is 0. The van der Waals surface area contributed by atoms with Gasteiger partial charge >= 0.3 is 0 Å². The molecule has 0 saturated heterocycles. The Kier molecular flexibility index (Phi) is 3.94. The van der Waals surface area contributed by atoms with Crippen molar-refractivity contribution in [2.75, 3.05) is 0 Å². The van der Waals surface area contributed by atoms with Crippen molar-refractivity contribution >= 4 is 54.6 Å². The van der Waals surface area contributed by atoms with E-state index >= 15 is 0 Å². The molecule has 5 aromatic carbocycles. The summed E-state index contributed by atoms with van der Waals surface area (Å²) in [6, 6.07) is 35.8. The first-order valence-electron chi connectivity index (χ1n) is 12.0. The Morgan fingerprint density at radius 2 is 1.00 bits per heavy atom. The third-order valence-corrected chi connectivity index (χ3v) is 7.19. The summed E-state index contributed by atoms with van der Waals surface area (Å²) in [6.45, 7) is 0. The molecule has 168 valence electrons. The molecule has 0 bridgehead atoms. The molecule has 0 saturated carbocycles. The molecule has 0 N–H and O–H groups in total. The lowest BCUT2D eigenvalue weighted by molar-refractivity contribution is 0.663. The molecular formula is C33H19NO2. The minimum atomic E-state index is 0.874. The molecule has 3 nitrogen and oxygen atoms in total. The van der Waals surface area contributed by atoms with Crippen LogP contribution >= 0.6 is 0 Å². The lowest BCUT2D eigenvalue weighted by atomic mass is 9.93. The molecule has 0 radical (unpaired) electrons. The zero-order valence-electron chi connectivity index (χ0n) is 19.2. The summed E-state index contributed by atoms with van der Waals surface area (Å²) in [6.07, 6.45) is 3.65. The Labute approximate surface area is 206 Å². The van der Waals surface area contributed by atoms with Crippen molar-refractivity contribution < 1.29 is 8.83 Å². The maximum atomic E-state index is 6.49. The van der Waals surface area contributed by atoms with E-state index in [1.54, 1.807) is 0 Å². The number of nitrogens with zero attached hydrogens (tertiary/aromatic N) is 1. The van der Waals surface area contributed by atoms with E-state index in [-0.39, 0.29) is 0 Å². The second-order valence-corrected chi connectivity index (χ2v) is 9.17. The molecule has 0 aliphatic carbocycles. The van der Waals surface area contributed by atoms with Gasteiger partial charge in [-0.2, -0.15) is 0 Å². The van der Waals surface area contributed by atoms with Gasteiger partial charge in [0.25, 0.3) is 0 Å². The first kappa shape index (κ1) is 19.4. The molecule has 3 aromatic heterocycles. The topological polar surface area (TPSA) is 39.2 Å². The van der Waals surface area contributed by atoms with Gasteiger partial charge in [0.2, 0.25) is 0 Å². The number of hydrogen-bond donors (Lipinski definition) is 0. The van der Waals surface area contributed by atoms with Crippen LogP contribution in [0.3, 0.4) is 0 Å². The van der Waals surface area contributed by atoms with Crippen LogP contribution in [0.15, 0.2) is 124 Å². The average Bonchev–Trinajstić information content (AvgIpc) is 3.51. The largest absolute Gasteiger partial charge is 0.456 e. The van der Waals surface area contributed by atoms with Crippen LogP contribution in [0.4, 0.5) is 0 Å². The number of benzene rings is 5. The van der Waals surface area contributed by atoms with E-state index in [2.05, 4.69) is 71.7 Å². The summed E-state index contributed by atoms with van der Waals surface area (Å²) in [7, 11) is 0. The first-order valence-corrected chi connectivity index (χ1v) is 12.0. The van der Waals surface area contributed by atoms with Crippen molar-refractivity contribution in [1.29, 1.82) is 0 Å². The number of furan rings is 2. The summed E-state index contributed by atoms with van der Waals surface area (Å²) in [5, 5.41) is 6.86. The Morgan fingerprint density at radius 1 is 0.417 bits per heavy atom. The molecule has 0 atom stereocenters. The third-order valence-electron chi connectivity index (χ3n) is 7.19. The van der Waals surface area contributed by atoms with Crippen molar-refractivity contribution in [1.82, 2.24) is 4.98 Å². The molecule has 36 heavy (non-hydrogen) atoms. The molecular weight excluding hydrogens is 442 g/mol. The van der Waals surface area contributed by atoms with Gasteiger partial charge in [0.1, 0.15) is 22.3 Å². The number of rotatable bonds is 2. The summed E-state index contributed by atoms with van der Waals surface area (Å²) in [4.78, 5) is 4.13. The highest BCUT2D eigenvalue weighted by molar-refractivity contribution is 6.31. The van der Waals surface area contributed by atoms with Gasteiger partial charge < -0.3 is 8.83 Å². The van der Waals surface area contributed by atoms with Crippen molar-refractivity contribution in [3.8, 4) is 22.3 Å². The predicted molar refractivity (Wildman–Crippen MR) is 147 cm³/mol. The molecule has 8 rings (SSSR count). The summed E-state index contributed by atoms with van der Waals surface area (Å²) < 4.78 is 12.7. The van der Waals surface area contributed by atoms with Crippen molar-refractivity contribution in [2.24, 2.45) is 0 Å². The van der Waals surface area contributed by atoms with Gasteiger partial charge in [-0.1, -0.05) is 66.7 Å². The Morgan fingerprint density at radius 3 is 1.81 bits per heavy atom. The van der Waals surface area contributed by atoms with Crippen molar-refractivity contribution in [2.45, 2.75) is 0 Å². The SMILES string of the molecule is c1ccc2c(c1)oc1ccc3oc4cc(-c5ccc(-c6ccncc6)cc5)c5ccccc5c4c3c12. The van der Waals surface area contributed by atoms with Crippen LogP contribution < -0.4 is 0 Å². The van der Waals surface area contributed by atoms with Gasteiger partial charge in [0.05, 0.1) is 0 Å². The van der Waals surface area contributed by atoms with Crippen LogP contribution in [0.25, 0.3) is 76.9 Å². The first-order chi connectivity index (χ1) is 17.8. The standard InChI is InChI=1S/C33H19NO2/c1-2-6-24-23(5-1)26(22-11-9-20(10-12-22)21-15-17-34-18-16-21)19-30-31(24)33-29(36-30)14-13-28-32(33)25-7-3-4-8-27(25)35-28/h1-19H. The lowest BCUT2D eigenvalue weighted by Gasteiger charge is -2.10. The van der Waals surface area contributed by atoms with Crippen molar-refractivity contribution in [3.63, 3.8) is 0 Å². The lowest BCUT2D eigenvalue weighted by Crippen LogP contribution is -1.84. The normalized spacial score (nSPS) is 11.9. The number of para-hydroxylation sites is 1. The van der Waals surface area contributed by atoms with Gasteiger partial charge in [-0.05, 0) is 69.4 Å². The minimum Gasteiger partial charge on any atom is -0.456 e. The Balaban J connectivity index is 1.43. The minimum absolute atomic E-state index is 0.874. The molecule has 8 aromatic rings. The number of aromatic nitrogens is 1. The second-order valence-electron chi connectivity index (χ2n) is 9.17. The van der Waals surface area contributed by atoms with Crippen molar-refractivity contribution in [3.05, 3.63) is 116 Å². The Hall–Kier alpha value is -4.89. The summed E-state index contributed by atoms with van der Waals surface area (Å²) in [5.41, 5.74) is 8.18. The molecule has 3 heterocycles. The molecule has 0 fully saturated rings. The van der Waals surface area contributed by atoms with Crippen LogP contribution in [0.1, 0.15) is 0 Å². The zero-order valence-corrected chi connectivity index (χ0v) is 19.2. The van der Waals surface area contributed by atoms with Gasteiger partial charge in [0.15, 0.2) is 0 Å². The monoisotopic (exact) mass is 461 g/mol. The Bertz CT molecular complexity index is 2080. The van der Waals surface area contributed by atoms with E-state index in [1.807, 2.05) is 48.8 Å². The van der Waals surface area contributed by atoms with Crippen LogP contribution in [-0.2, 0) is 0 Å². The maximum Gasteiger partial charge on any atom is 0.136 e. The molecule has 0 unspecified atom stereocenters. The highest BCUT2D eigenvalue weighted by atomic mass is 16.3. The molecule has 3 heteroatoms.